The van der Waals surface area contributed by atoms with Crippen LogP contribution in [0.1, 0.15) is 11.1 Å². The average molecular weight is 742 g/mol. The van der Waals surface area contributed by atoms with Crippen molar-refractivity contribution < 1.29 is 0 Å². The van der Waals surface area contributed by atoms with E-state index in [-0.39, 0.29) is 0 Å². The minimum Gasteiger partial charge on any atom is -0.256 e. The van der Waals surface area contributed by atoms with Crippen molar-refractivity contribution in [1.82, 2.24) is 24.9 Å². The third-order valence-corrected chi connectivity index (χ3v) is 10.1. The second-order valence-electron chi connectivity index (χ2n) is 12.6. The lowest BCUT2D eigenvalue weighted by atomic mass is 10.0. The van der Waals surface area contributed by atoms with Gasteiger partial charge in [0.1, 0.15) is 0 Å². The molecule has 0 amide bonds. The Hall–Kier alpha value is -7.15. The first kappa shape index (κ1) is 37.2. The molecule has 56 heavy (non-hydrogen) atoms. The van der Waals surface area contributed by atoms with Gasteiger partial charge in [0.2, 0.25) is 0 Å². The van der Waals surface area contributed by atoms with E-state index in [1.807, 2.05) is 91.4 Å². The molecular weight excluding hydrogens is 703 g/mol. The van der Waals surface area contributed by atoms with Crippen molar-refractivity contribution >= 4 is 60.1 Å². The summed E-state index contributed by atoms with van der Waals surface area (Å²) in [7, 11) is 0. The van der Waals surface area contributed by atoms with Crippen molar-refractivity contribution in [3.8, 4) is 22.0 Å². The van der Waals surface area contributed by atoms with Crippen LogP contribution in [0.5, 0.6) is 0 Å². The van der Waals surface area contributed by atoms with E-state index in [9.17, 15) is 0 Å². The Morgan fingerprint density at radius 1 is 0.464 bits per heavy atom. The number of nitrogens with zero attached hydrogens (tertiary/aromatic N) is 5. The van der Waals surface area contributed by atoms with Gasteiger partial charge >= 0.3 is 0 Å². The zero-order valence-electron chi connectivity index (χ0n) is 31.0. The van der Waals surface area contributed by atoms with Crippen LogP contribution in [0.25, 0.3) is 70.7 Å². The van der Waals surface area contributed by atoms with Gasteiger partial charge in [-0.2, -0.15) is 0 Å². The fraction of sp³-hybridized carbons (Fsp3) is 0.0200. The molecule has 0 saturated carbocycles. The first-order valence-electron chi connectivity index (χ1n) is 18.3. The monoisotopic (exact) mass is 741 g/mol. The maximum Gasteiger partial charge on any atom is 0.0886 e. The fourth-order valence-corrected chi connectivity index (χ4v) is 7.16. The van der Waals surface area contributed by atoms with Crippen LogP contribution in [-0.4, -0.2) is 24.9 Å². The fourth-order valence-electron chi connectivity index (χ4n) is 6.12. The minimum atomic E-state index is 0.915. The number of hydrogen-bond donors (Lipinski definition) is 0. The van der Waals surface area contributed by atoms with Crippen molar-refractivity contribution in [3.63, 3.8) is 0 Å². The molecule has 4 aromatic carbocycles. The number of aryl methyl sites for hydroxylation is 1. The lowest BCUT2D eigenvalue weighted by Crippen LogP contribution is -1.86. The second-order valence-corrected chi connectivity index (χ2v) is 13.7. The number of pyridine rings is 5. The van der Waals surface area contributed by atoms with E-state index in [2.05, 4.69) is 135 Å². The molecule has 0 atom stereocenters. The van der Waals surface area contributed by atoms with Gasteiger partial charge in [-0.1, -0.05) is 122 Å². The molecule has 10 rings (SSSR count). The highest BCUT2D eigenvalue weighted by atomic mass is 32.1. The number of aromatic nitrogens is 5. The summed E-state index contributed by atoms with van der Waals surface area (Å²) in [5.74, 6) is 0. The third kappa shape index (κ3) is 9.31. The van der Waals surface area contributed by atoms with E-state index in [0.29, 0.717) is 0 Å². The molecule has 5 nitrogen and oxygen atoms in total. The molecule has 0 N–H and O–H groups in total. The Bertz CT molecular complexity index is 2710. The molecule has 0 radical (unpaired) electrons. The molecule has 6 heteroatoms. The normalized spacial score (nSPS) is 10.6. The summed E-state index contributed by atoms with van der Waals surface area (Å²) in [6, 6.07) is 53.1. The number of hydrogen-bond acceptors (Lipinski definition) is 6. The Morgan fingerprint density at radius 2 is 0.982 bits per heavy atom. The van der Waals surface area contributed by atoms with Crippen LogP contribution >= 0.6 is 11.3 Å². The van der Waals surface area contributed by atoms with Crippen LogP contribution in [0, 0.1) is 6.92 Å². The lowest BCUT2D eigenvalue weighted by Gasteiger charge is -2.04. The molecule has 0 bridgehead atoms. The summed E-state index contributed by atoms with van der Waals surface area (Å²) >= 11 is 1.79. The van der Waals surface area contributed by atoms with Gasteiger partial charge in [0.15, 0.2) is 0 Å². The zero-order chi connectivity index (χ0) is 38.4. The zero-order valence-corrected chi connectivity index (χ0v) is 31.8. The van der Waals surface area contributed by atoms with Gasteiger partial charge in [-0.3, -0.25) is 24.9 Å². The minimum absolute atomic E-state index is 0.915. The molecule has 0 unspecified atom stereocenters. The van der Waals surface area contributed by atoms with Crippen LogP contribution < -0.4 is 0 Å². The van der Waals surface area contributed by atoms with Crippen LogP contribution in [0.3, 0.4) is 0 Å². The topological polar surface area (TPSA) is 64.5 Å². The Kier molecular flexibility index (Phi) is 12.4. The summed E-state index contributed by atoms with van der Waals surface area (Å²) in [4.78, 5) is 22.8. The predicted octanol–water partition coefficient (Wildman–Crippen LogP) is 13.2. The Morgan fingerprint density at radius 3 is 1.62 bits per heavy atom. The largest absolute Gasteiger partial charge is 0.256 e. The number of benzene rings is 4. The molecule has 0 saturated heterocycles. The van der Waals surface area contributed by atoms with Gasteiger partial charge in [-0.25, -0.2) is 0 Å². The predicted molar refractivity (Wildman–Crippen MR) is 237 cm³/mol. The van der Waals surface area contributed by atoms with Crippen molar-refractivity contribution in [2.45, 2.75) is 6.92 Å². The van der Waals surface area contributed by atoms with E-state index in [1.165, 1.54) is 47.6 Å². The summed E-state index contributed by atoms with van der Waals surface area (Å²) in [5, 5.41) is 6.16. The first-order valence-corrected chi connectivity index (χ1v) is 19.1. The van der Waals surface area contributed by atoms with Crippen LogP contribution in [-0.2, 0) is 0 Å². The first-order chi connectivity index (χ1) is 27.7. The molecule has 0 aliphatic carbocycles. The number of rotatable bonds is 4. The van der Waals surface area contributed by atoms with Crippen LogP contribution in [0.2, 0.25) is 0 Å². The van der Waals surface area contributed by atoms with Gasteiger partial charge in [0.25, 0.3) is 0 Å². The molecule has 0 fully saturated rings. The van der Waals surface area contributed by atoms with E-state index in [4.69, 9.17) is 0 Å². The van der Waals surface area contributed by atoms with E-state index >= 15 is 0 Å². The Balaban J connectivity index is 0.000000115. The standard InChI is InChI=1S/C14H13N.C13H9NS.C13H9N.C10H8N2/c1-3-4-6-12-8-9-13-7-5-10-15-14(13)11(12)2;1-2-7-12-10(5-1)9-13(15-12)11-6-3-4-8-14-11;1-2-6-12-10(4-1)7-8-11-5-3-9-14-13(11)12;1-3-7-11-9(5-1)10-6-2-4-8-12-10/h3-10H,1H2,2H3;1-9H;1-9H;1-8H/b6-4-;;;. The van der Waals surface area contributed by atoms with Crippen molar-refractivity contribution in [3.05, 3.63) is 219 Å². The molecule has 0 spiro atoms. The number of thiophene rings is 1. The van der Waals surface area contributed by atoms with Gasteiger partial charge in [-0.15, -0.1) is 11.3 Å². The van der Waals surface area contributed by atoms with Gasteiger partial charge in [-0.05, 0) is 89.5 Å². The van der Waals surface area contributed by atoms with Gasteiger partial charge in [0.05, 0.1) is 33.0 Å². The highest BCUT2D eigenvalue weighted by Gasteiger charge is 2.04. The second kappa shape index (κ2) is 18.7. The SMILES string of the molecule is C=C/C=C\c1ccc2cccnc2c1C.c1ccc(-c2cc3ccccc3s2)nc1.c1ccc(-c2ccccn2)nc1.c1ccc2c(c1)ccc1cccnc12. The lowest BCUT2D eigenvalue weighted by molar-refractivity contribution is 1.25. The van der Waals surface area contributed by atoms with E-state index in [0.717, 1.165) is 28.1 Å². The van der Waals surface area contributed by atoms with E-state index < -0.39 is 0 Å². The average Bonchev–Trinajstić information content (AvgIpc) is 3.73. The Labute approximate surface area is 331 Å². The summed E-state index contributed by atoms with van der Waals surface area (Å²) < 4.78 is 1.32. The molecule has 6 heterocycles. The summed E-state index contributed by atoms with van der Waals surface area (Å²) in [6.45, 7) is 5.76. The quantitative estimate of drug-likeness (QED) is 0.133. The van der Waals surface area contributed by atoms with Gasteiger partial charge in [0, 0.05) is 51.8 Å². The summed E-state index contributed by atoms with van der Waals surface area (Å²) in [5.41, 5.74) is 7.46. The molecule has 0 aliphatic heterocycles. The molecular formula is C50H39N5S. The van der Waals surface area contributed by atoms with Crippen molar-refractivity contribution in [2.75, 3.05) is 0 Å². The third-order valence-electron chi connectivity index (χ3n) is 8.91. The smallest absolute Gasteiger partial charge is 0.0886 e. The van der Waals surface area contributed by atoms with Crippen LogP contribution in [0.4, 0.5) is 0 Å². The molecule has 270 valence electrons. The number of fused-ring (bicyclic) bond motifs is 5. The molecule has 10 aromatic rings. The molecule has 6 aromatic heterocycles. The highest BCUT2D eigenvalue weighted by Crippen LogP contribution is 2.32. The molecule has 0 aliphatic rings. The van der Waals surface area contributed by atoms with Gasteiger partial charge < -0.3 is 0 Å². The maximum absolute atomic E-state index is 4.41. The number of allylic oxidation sites excluding steroid dienone is 2. The highest BCUT2D eigenvalue weighted by molar-refractivity contribution is 7.22. The maximum atomic E-state index is 4.41. The van der Waals surface area contributed by atoms with Crippen molar-refractivity contribution in [1.29, 1.82) is 0 Å². The van der Waals surface area contributed by atoms with Crippen LogP contribution in [0.15, 0.2) is 207 Å². The van der Waals surface area contributed by atoms with E-state index in [1.54, 1.807) is 29.8 Å². The van der Waals surface area contributed by atoms with Crippen molar-refractivity contribution in [2.24, 2.45) is 0 Å². The summed E-state index contributed by atoms with van der Waals surface area (Å²) in [6.07, 6.45) is 14.8.